The van der Waals surface area contributed by atoms with Crippen LogP contribution in [0, 0.1) is 27.7 Å². The molecule has 1 N–H and O–H groups in total. The van der Waals surface area contributed by atoms with Crippen LogP contribution in [0.25, 0.3) is 27.8 Å². The summed E-state index contributed by atoms with van der Waals surface area (Å²) in [5.74, 6) is 0.144. The molecule has 0 fully saturated rings. The van der Waals surface area contributed by atoms with Crippen LogP contribution in [0.5, 0.6) is 5.75 Å². The van der Waals surface area contributed by atoms with Crippen molar-refractivity contribution in [3.05, 3.63) is 55.1 Å². The maximum atomic E-state index is 12.1. The van der Waals surface area contributed by atoms with Gasteiger partial charge in [-0.1, -0.05) is 0 Å². The summed E-state index contributed by atoms with van der Waals surface area (Å²) < 4.78 is 2.64. The van der Waals surface area contributed by atoms with Crippen molar-refractivity contribution in [2.45, 2.75) is 27.7 Å². The molecule has 0 aliphatic carbocycles. The zero-order valence-corrected chi connectivity index (χ0v) is 16.7. The van der Waals surface area contributed by atoms with Crippen LogP contribution in [-0.4, -0.2) is 29.2 Å². The number of fused-ring (bicyclic) bond motifs is 2. The van der Waals surface area contributed by atoms with Gasteiger partial charge in [0.15, 0.2) is 0 Å². The van der Waals surface area contributed by atoms with Gasteiger partial charge in [0.1, 0.15) is 22.5 Å². The van der Waals surface area contributed by atoms with Crippen molar-refractivity contribution in [1.82, 2.24) is 24.1 Å². The van der Waals surface area contributed by atoms with Gasteiger partial charge in [-0.15, -0.1) is 15.0 Å². The van der Waals surface area contributed by atoms with Crippen LogP contribution in [0.3, 0.4) is 0 Å². The number of aromatic hydroxyl groups is 1. The number of phenolic OH excluding ortho intramolecular Hbond substituents is 1. The van der Waals surface area contributed by atoms with E-state index in [0.717, 1.165) is 22.3 Å². The largest absolute Gasteiger partial charge is 0.505 e. The van der Waals surface area contributed by atoms with Crippen molar-refractivity contribution in [3.8, 4) is 11.4 Å². The molecule has 0 amide bonds. The number of rotatable bonds is 1. The lowest BCUT2D eigenvalue weighted by Gasteiger charge is -2.15. The molecule has 0 radical (unpaired) electrons. The fraction of sp³-hybridized carbons (Fsp3) is 0.300. The number of aromatic nitrogens is 5. The van der Waals surface area contributed by atoms with Gasteiger partial charge in [-0.2, -0.15) is 0 Å². The zero-order valence-electron chi connectivity index (χ0n) is 16.7. The van der Waals surface area contributed by atoms with Crippen LogP contribution in [0.2, 0.25) is 0 Å². The van der Waals surface area contributed by atoms with Crippen molar-refractivity contribution < 1.29 is 5.11 Å². The van der Waals surface area contributed by atoms with E-state index in [9.17, 15) is 14.7 Å². The van der Waals surface area contributed by atoms with E-state index >= 15 is 0 Å². The van der Waals surface area contributed by atoms with E-state index < -0.39 is 11.1 Å². The Morgan fingerprint density at radius 2 is 1.18 bits per heavy atom. The summed E-state index contributed by atoms with van der Waals surface area (Å²) >= 11 is 0. The lowest BCUT2D eigenvalue weighted by Crippen LogP contribution is -2.39. The van der Waals surface area contributed by atoms with Gasteiger partial charge in [-0.25, -0.2) is 0 Å². The topological polar surface area (TPSA) is 94.9 Å². The molecule has 0 spiro atoms. The van der Waals surface area contributed by atoms with Crippen LogP contribution in [0.4, 0.5) is 0 Å². The first kappa shape index (κ1) is 18.0. The SMILES string of the molecule is Cc1c(C)c(C)c(-n2nc3cc4c(cc3n2)n(C)c(=O)c(=O)n4C)c(O)c1C. The van der Waals surface area contributed by atoms with Gasteiger partial charge in [-0.05, 0) is 62.1 Å². The third-order valence-electron chi connectivity index (χ3n) is 5.81. The van der Waals surface area contributed by atoms with Crippen LogP contribution in [0.15, 0.2) is 21.7 Å². The highest BCUT2D eigenvalue weighted by molar-refractivity contribution is 5.91. The molecule has 4 aromatic rings. The van der Waals surface area contributed by atoms with Gasteiger partial charge < -0.3 is 14.2 Å². The van der Waals surface area contributed by atoms with Crippen LogP contribution >= 0.6 is 0 Å². The molecule has 28 heavy (non-hydrogen) atoms. The molecule has 0 aliphatic heterocycles. The Labute approximate surface area is 160 Å². The van der Waals surface area contributed by atoms with Crippen molar-refractivity contribution in [2.24, 2.45) is 14.1 Å². The standard InChI is InChI=1S/C20H21N5O3/c1-9-10(2)12(4)18(26)17(11(9)3)25-21-13-7-15-16(8-14(13)22-25)24(6)20(28)19(27)23(15)5/h7-8,26H,1-6H3. The van der Waals surface area contributed by atoms with Gasteiger partial charge in [0.25, 0.3) is 0 Å². The Morgan fingerprint density at radius 3 is 1.64 bits per heavy atom. The van der Waals surface area contributed by atoms with Crippen molar-refractivity contribution in [3.63, 3.8) is 0 Å². The number of benzene rings is 2. The van der Waals surface area contributed by atoms with Crippen molar-refractivity contribution in [1.29, 1.82) is 0 Å². The highest BCUT2D eigenvalue weighted by atomic mass is 16.3. The number of nitrogens with zero attached hydrogens (tertiary/aromatic N) is 5. The van der Waals surface area contributed by atoms with Crippen molar-refractivity contribution >= 4 is 22.1 Å². The third-order valence-corrected chi connectivity index (χ3v) is 5.81. The lowest BCUT2D eigenvalue weighted by atomic mass is 9.97. The molecule has 0 unspecified atom stereocenters. The number of hydrogen-bond donors (Lipinski definition) is 1. The Hall–Kier alpha value is -3.42. The van der Waals surface area contributed by atoms with Crippen LogP contribution in [-0.2, 0) is 14.1 Å². The second kappa shape index (κ2) is 5.79. The predicted octanol–water partition coefficient (Wildman–Crippen LogP) is 1.91. The molecule has 0 aliphatic rings. The molecule has 0 saturated heterocycles. The summed E-state index contributed by atoms with van der Waals surface area (Å²) in [5, 5.41) is 19.8. The third kappa shape index (κ3) is 2.24. The fourth-order valence-electron chi connectivity index (χ4n) is 3.60. The van der Waals surface area contributed by atoms with Gasteiger partial charge in [0.05, 0.1) is 11.0 Å². The highest BCUT2D eigenvalue weighted by Gasteiger charge is 2.19. The Morgan fingerprint density at radius 1 is 0.750 bits per heavy atom. The average Bonchev–Trinajstić information content (AvgIpc) is 3.09. The summed E-state index contributed by atoms with van der Waals surface area (Å²) in [7, 11) is 3.12. The average molecular weight is 379 g/mol. The summed E-state index contributed by atoms with van der Waals surface area (Å²) in [5.41, 5.74) is 5.43. The van der Waals surface area contributed by atoms with E-state index in [2.05, 4.69) is 10.2 Å². The van der Waals surface area contributed by atoms with E-state index in [1.165, 1.54) is 13.9 Å². The molecule has 8 nitrogen and oxygen atoms in total. The first-order valence-electron chi connectivity index (χ1n) is 8.90. The maximum absolute atomic E-state index is 12.1. The predicted molar refractivity (Wildman–Crippen MR) is 107 cm³/mol. The van der Waals surface area contributed by atoms with E-state index in [1.54, 1.807) is 26.2 Å². The second-order valence-electron chi connectivity index (χ2n) is 7.24. The van der Waals surface area contributed by atoms with E-state index in [1.807, 2.05) is 27.7 Å². The molecule has 4 rings (SSSR count). The molecule has 0 atom stereocenters. The number of hydrogen-bond acceptors (Lipinski definition) is 5. The molecule has 2 aromatic heterocycles. The number of aryl methyl sites for hydroxylation is 2. The Kier molecular flexibility index (Phi) is 3.71. The summed E-state index contributed by atoms with van der Waals surface area (Å²) in [4.78, 5) is 25.7. The quantitative estimate of drug-likeness (QED) is 0.510. The van der Waals surface area contributed by atoms with Crippen LogP contribution in [0.1, 0.15) is 22.3 Å². The van der Waals surface area contributed by atoms with Gasteiger partial charge in [0.2, 0.25) is 0 Å². The van der Waals surface area contributed by atoms with E-state index in [4.69, 9.17) is 0 Å². The minimum absolute atomic E-state index is 0.144. The first-order chi connectivity index (χ1) is 13.1. The Balaban J connectivity index is 2.09. The summed E-state index contributed by atoms with van der Waals surface area (Å²) in [6.07, 6.45) is 0. The van der Waals surface area contributed by atoms with Crippen molar-refractivity contribution in [2.75, 3.05) is 0 Å². The zero-order chi connectivity index (χ0) is 20.5. The molecule has 2 heterocycles. The highest BCUT2D eigenvalue weighted by Crippen LogP contribution is 2.34. The summed E-state index contributed by atoms with van der Waals surface area (Å²) in [6, 6.07) is 3.46. The number of phenols is 1. The first-order valence-corrected chi connectivity index (χ1v) is 8.90. The minimum Gasteiger partial charge on any atom is -0.505 e. The van der Waals surface area contributed by atoms with Gasteiger partial charge in [-0.3, -0.25) is 9.59 Å². The molecule has 0 saturated carbocycles. The van der Waals surface area contributed by atoms with Crippen LogP contribution < -0.4 is 11.1 Å². The monoisotopic (exact) mass is 379 g/mol. The smallest absolute Gasteiger partial charge is 0.316 e. The normalized spacial score (nSPS) is 11.6. The fourth-order valence-corrected chi connectivity index (χ4v) is 3.60. The maximum Gasteiger partial charge on any atom is 0.316 e. The molecule has 0 bridgehead atoms. The van der Waals surface area contributed by atoms with Gasteiger partial charge in [0, 0.05) is 14.1 Å². The minimum atomic E-state index is -0.597. The molecule has 8 heteroatoms. The summed E-state index contributed by atoms with van der Waals surface area (Å²) in [6.45, 7) is 7.77. The second-order valence-corrected chi connectivity index (χ2v) is 7.24. The Bertz CT molecular complexity index is 1320. The molecule has 2 aromatic carbocycles. The van der Waals surface area contributed by atoms with Gasteiger partial charge >= 0.3 is 11.1 Å². The lowest BCUT2D eigenvalue weighted by molar-refractivity contribution is 0.462. The molecular formula is C20H21N5O3. The van der Waals surface area contributed by atoms with E-state index in [-0.39, 0.29) is 5.75 Å². The molecular weight excluding hydrogens is 358 g/mol. The molecule has 144 valence electrons. The van der Waals surface area contributed by atoms with E-state index in [0.29, 0.717) is 27.8 Å².